The summed E-state index contributed by atoms with van der Waals surface area (Å²) in [7, 11) is 1.79. The van der Waals surface area contributed by atoms with E-state index in [1.165, 1.54) is 25.7 Å². The summed E-state index contributed by atoms with van der Waals surface area (Å²) in [6, 6.07) is 1.85. The monoisotopic (exact) mass is 250 g/mol. The molecule has 0 bridgehead atoms. The van der Waals surface area contributed by atoms with E-state index in [1.807, 2.05) is 6.07 Å². The van der Waals surface area contributed by atoms with Crippen LogP contribution in [0.2, 0.25) is 0 Å². The first-order valence-corrected chi connectivity index (χ1v) is 6.62. The van der Waals surface area contributed by atoms with E-state index in [0.29, 0.717) is 12.0 Å². The Morgan fingerprint density at radius 2 is 2.33 bits per heavy atom. The van der Waals surface area contributed by atoms with Crippen LogP contribution < -0.4 is 10.6 Å². The summed E-state index contributed by atoms with van der Waals surface area (Å²) < 4.78 is 4.79. The lowest BCUT2D eigenvalue weighted by Gasteiger charge is -2.41. The number of hydrogen-bond acceptors (Lipinski definition) is 3. The summed E-state index contributed by atoms with van der Waals surface area (Å²) in [5.41, 5.74) is 1.37. The highest BCUT2D eigenvalue weighted by molar-refractivity contribution is 5.79. The van der Waals surface area contributed by atoms with Gasteiger partial charge in [0.25, 0.3) is 0 Å². The molecule has 100 valence electrons. The Morgan fingerprint density at radius 1 is 1.50 bits per heavy atom. The van der Waals surface area contributed by atoms with E-state index < -0.39 is 0 Å². The molecule has 1 aliphatic carbocycles. The summed E-state index contributed by atoms with van der Waals surface area (Å²) >= 11 is 0. The van der Waals surface area contributed by atoms with Gasteiger partial charge in [0, 0.05) is 19.7 Å². The quantitative estimate of drug-likeness (QED) is 0.619. The third-order valence-corrected chi connectivity index (χ3v) is 3.95. The van der Waals surface area contributed by atoms with Gasteiger partial charge in [-0.05, 0) is 24.7 Å². The first-order chi connectivity index (χ1) is 8.78. The van der Waals surface area contributed by atoms with Gasteiger partial charge in [0.2, 0.25) is 0 Å². The van der Waals surface area contributed by atoms with Crippen LogP contribution in [-0.2, 0) is 6.54 Å². The molecule has 0 amide bonds. The Bertz CT molecular complexity index is 376. The van der Waals surface area contributed by atoms with E-state index in [-0.39, 0.29) is 0 Å². The molecule has 5 nitrogen and oxygen atoms in total. The first-order valence-electron chi connectivity index (χ1n) is 6.62. The molecular weight excluding hydrogens is 228 g/mol. The van der Waals surface area contributed by atoms with E-state index in [1.54, 1.807) is 13.3 Å². The van der Waals surface area contributed by atoms with E-state index in [2.05, 4.69) is 27.7 Å². The molecule has 0 atom stereocenters. The molecule has 1 aromatic heterocycles. The number of nitrogens with one attached hydrogen (secondary N) is 2. The normalized spacial score (nSPS) is 18.2. The third-order valence-electron chi connectivity index (χ3n) is 3.95. The van der Waals surface area contributed by atoms with Gasteiger partial charge >= 0.3 is 0 Å². The summed E-state index contributed by atoms with van der Waals surface area (Å²) in [4.78, 5) is 4.22. The second kappa shape index (κ2) is 5.89. The van der Waals surface area contributed by atoms with Crippen molar-refractivity contribution in [2.45, 2.75) is 39.2 Å². The van der Waals surface area contributed by atoms with Gasteiger partial charge in [-0.2, -0.15) is 0 Å². The Balaban J connectivity index is 1.76. The number of aliphatic imine (C=N–C) groups is 1. The predicted molar refractivity (Wildman–Crippen MR) is 71.3 cm³/mol. The van der Waals surface area contributed by atoms with Crippen LogP contribution in [0, 0.1) is 5.41 Å². The van der Waals surface area contributed by atoms with Crippen LogP contribution in [0.1, 0.15) is 38.3 Å². The van der Waals surface area contributed by atoms with Crippen molar-refractivity contribution in [2.24, 2.45) is 10.4 Å². The molecule has 0 aromatic carbocycles. The van der Waals surface area contributed by atoms with Crippen LogP contribution >= 0.6 is 0 Å². The van der Waals surface area contributed by atoms with Gasteiger partial charge < -0.3 is 15.2 Å². The Morgan fingerprint density at radius 3 is 2.83 bits per heavy atom. The van der Waals surface area contributed by atoms with Gasteiger partial charge in [0.15, 0.2) is 5.96 Å². The Hall–Kier alpha value is -1.52. The fourth-order valence-corrected chi connectivity index (χ4v) is 2.33. The van der Waals surface area contributed by atoms with E-state index in [0.717, 1.165) is 18.2 Å². The van der Waals surface area contributed by atoms with Crippen LogP contribution in [0.3, 0.4) is 0 Å². The zero-order valence-corrected chi connectivity index (χ0v) is 11.2. The molecule has 0 saturated heterocycles. The largest absolute Gasteiger partial charge is 0.364 e. The van der Waals surface area contributed by atoms with Gasteiger partial charge in [-0.1, -0.05) is 18.5 Å². The van der Waals surface area contributed by atoms with E-state index in [9.17, 15) is 0 Å². The van der Waals surface area contributed by atoms with Crippen LogP contribution in [0.25, 0.3) is 0 Å². The number of nitrogens with zero attached hydrogens (tertiary/aromatic N) is 2. The van der Waals surface area contributed by atoms with Crippen LogP contribution in [0.4, 0.5) is 0 Å². The molecule has 0 radical (unpaired) electrons. The van der Waals surface area contributed by atoms with Gasteiger partial charge in [0.05, 0.1) is 6.54 Å². The van der Waals surface area contributed by atoms with Crippen LogP contribution in [0.5, 0.6) is 0 Å². The topological polar surface area (TPSA) is 62.5 Å². The van der Waals surface area contributed by atoms with Crippen molar-refractivity contribution < 1.29 is 4.52 Å². The molecule has 1 fully saturated rings. The Labute approximate surface area is 108 Å². The Kier molecular flexibility index (Phi) is 4.23. The van der Waals surface area contributed by atoms with Gasteiger partial charge in [-0.15, -0.1) is 0 Å². The van der Waals surface area contributed by atoms with E-state index >= 15 is 0 Å². The SMILES string of the molecule is CCC1(CNC(=NC)NCc2ccon2)CCC1. The second-order valence-corrected chi connectivity index (χ2v) is 4.98. The molecule has 1 heterocycles. The highest BCUT2D eigenvalue weighted by Gasteiger charge is 2.34. The molecule has 1 aliphatic rings. The average molecular weight is 250 g/mol. The van der Waals surface area contributed by atoms with E-state index in [4.69, 9.17) is 4.52 Å². The summed E-state index contributed by atoms with van der Waals surface area (Å²) in [6.45, 7) is 3.91. The van der Waals surface area contributed by atoms with Gasteiger partial charge in [0.1, 0.15) is 12.0 Å². The maximum absolute atomic E-state index is 4.79. The van der Waals surface area contributed by atoms with Crippen molar-refractivity contribution in [3.63, 3.8) is 0 Å². The zero-order chi connectivity index (χ0) is 12.8. The van der Waals surface area contributed by atoms with Crippen molar-refractivity contribution in [1.29, 1.82) is 0 Å². The van der Waals surface area contributed by atoms with Crippen LogP contribution in [-0.4, -0.2) is 24.7 Å². The van der Waals surface area contributed by atoms with Crippen molar-refractivity contribution in [3.05, 3.63) is 18.0 Å². The van der Waals surface area contributed by atoms with Gasteiger partial charge in [-0.3, -0.25) is 4.99 Å². The molecule has 5 heteroatoms. The lowest BCUT2D eigenvalue weighted by Crippen LogP contribution is -2.46. The van der Waals surface area contributed by atoms with Crippen LogP contribution in [0.15, 0.2) is 21.8 Å². The summed E-state index contributed by atoms with van der Waals surface area (Å²) in [6.07, 6.45) is 6.84. The zero-order valence-electron chi connectivity index (χ0n) is 11.2. The predicted octanol–water partition coefficient (Wildman–Crippen LogP) is 1.92. The number of rotatable bonds is 5. The summed E-state index contributed by atoms with van der Waals surface area (Å²) in [5, 5.41) is 10.5. The molecule has 2 rings (SSSR count). The molecule has 0 aliphatic heterocycles. The molecule has 0 unspecified atom stereocenters. The smallest absolute Gasteiger partial charge is 0.191 e. The van der Waals surface area contributed by atoms with Crippen molar-refractivity contribution >= 4 is 5.96 Å². The standard InChI is InChI=1S/C13H22N4O/c1-3-13(6-4-7-13)10-16-12(14-2)15-9-11-5-8-18-17-11/h5,8H,3-4,6-7,9-10H2,1-2H3,(H2,14,15,16). The minimum Gasteiger partial charge on any atom is -0.364 e. The maximum Gasteiger partial charge on any atom is 0.191 e. The number of guanidine groups is 1. The molecule has 1 saturated carbocycles. The van der Waals surface area contributed by atoms with Crippen molar-refractivity contribution in [2.75, 3.05) is 13.6 Å². The third kappa shape index (κ3) is 3.03. The summed E-state index contributed by atoms with van der Waals surface area (Å²) in [5.74, 6) is 0.831. The van der Waals surface area contributed by atoms with Crippen molar-refractivity contribution in [1.82, 2.24) is 15.8 Å². The lowest BCUT2D eigenvalue weighted by atomic mass is 9.67. The van der Waals surface area contributed by atoms with Gasteiger partial charge in [-0.25, -0.2) is 0 Å². The number of hydrogen-bond donors (Lipinski definition) is 2. The molecule has 2 N–H and O–H groups in total. The molecule has 0 spiro atoms. The fraction of sp³-hybridized carbons (Fsp3) is 0.692. The lowest BCUT2D eigenvalue weighted by molar-refractivity contribution is 0.131. The minimum absolute atomic E-state index is 0.492. The van der Waals surface area contributed by atoms with Crippen molar-refractivity contribution in [3.8, 4) is 0 Å². The molecule has 18 heavy (non-hydrogen) atoms. The maximum atomic E-state index is 4.79. The minimum atomic E-state index is 0.492. The molecule has 1 aromatic rings. The molecular formula is C13H22N4O. The average Bonchev–Trinajstić information content (AvgIpc) is 2.85. The highest BCUT2D eigenvalue weighted by Crippen LogP contribution is 2.42. The first kappa shape index (κ1) is 12.9. The number of aromatic nitrogens is 1. The fourth-order valence-electron chi connectivity index (χ4n) is 2.33. The highest BCUT2D eigenvalue weighted by atomic mass is 16.5. The second-order valence-electron chi connectivity index (χ2n) is 4.98.